The van der Waals surface area contributed by atoms with Crippen molar-refractivity contribution < 1.29 is 9.53 Å². The third-order valence-corrected chi connectivity index (χ3v) is 5.02. The zero-order valence-electron chi connectivity index (χ0n) is 17.3. The summed E-state index contributed by atoms with van der Waals surface area (Å²) in [5.74, 6) is 0. The van der Waals surface area contributed by atoms with Crippen molar-refractivity contribution in [3.63, 3.8) is 0 Å². The number of carbonyl (C=O) groups excluding carboxylic acids is 1. The Morgan fingerprint density at radius 3 is 1.88 bits per heavy atom. The highest BCUT2D eigenvalue weighted by molar-refractivity contribution is 5.38. The Hall–Kier alpha value is -1.31. The Bertz CT molecular complexity index is 523. The molecule has 0 unspecified atom stereocenters. The number of unbranched alkanes of at least 4 members (excludes halogenated alkanes) is 2. The molecule has 1 rings (SSSR count). The van der Waals surface area contributed by atoms with Crippen LogP contribution in [0.2, 0.25) is 0 Å². The first-order valence-electron chi connectivity index (χ1n) is 9.83. The highest BCUT2D eigenvalue weighted by atomic mass is 16.5. The van der Waals surface area contributed by atoms with E-state index in [1.807, 2.05) is 13.8 Å². The molecule has 0 aliphatic heterocycles. The van der Waals surface area contributed by atoms with E-state index in [0.29, 0.717) is 11.9 Å². The molecule has 2 heteroatoms. The lowest BCUT2D eigenvalue weighted by Crippen LogP contribution is -2.23. The first kappa shape index (κ1) is 21.7. The van der Waals surface area contributed by atoms with Gasteiger partial charge in [-0.2, -0.15) is 0 Å². The fraction of sp³-hybridized carbons (Fsp3) is 0.696. The van der Waals surface area contributed by atoms with Crippen LogP contribution < -0.4 is 0 Å². The second-order valence-corrected chi connectivity index (χ2v) is 9.15. The summed E-state index contributed by atoms with van der Waals surface area (Å²) in [7, 11) is 0. The monoisotopic (exact) mass is 346 g/mol. The highest BCUT2D eigenvalue weighted by Crippen LogP contribution is 2.24. The van der Waals surface area contributed by atoms with Crippen LogP contribution in [0.15, 0.2) is 18.2 Å². The Balaban J connectivity index is 2.44. The van der Waals surface area contributed by atoms with Crippen LogP contribution in [0.4, 0.5) is 0 Å². The molecule has 0 aliphatic rings. The van der Waals surface area contributed by atoms with Crippen molar-refractivity contribution in [2.45, 2.75) is 98.5 Å². The van der Waals surface area contributed by atoms with E-state index in [4.69, 9.17) is 4.74 Å². The van der Waals surface area contributed by atoms with E-state index in [9.17, 15) is 4.79 Å². The van der Waals surface area contributed by atoms with E-state index in [-0.39, 0.29) is 5.60 Å². The lowest BCUT2D eigenvalue weighted by atomic mass is 9.88. The Kier molecular flexibility index (Phi) is 8.68. The average Bonchev–Trinajstić information content (AvgIpc) is 2.49. The first-order valence-corrected chi connectivity index (χ1v) is 9.83. The van der Waals surface area contributed by atoms with Crippen molar-refractivity contribution in [3.8, 4) is 0 Å². The number of rotatable bonds is 11. The van der Waals surface area contributed by atoms with Crippen LogP contribution in [-0.4, -0.2) is 12.1 Å². The molecule has 0 saturated heterocycles. The summed E-state index contributed by atoms with van der Waals surface area (Å²) in [6.45, 7) is 13.7. The van der Waals surface area contributed by atoms with Gasteiger partial charge < -0.3 is 4.74 Å². The molecule has 0 radical (unpaired) electrons. The van der Waals surface area contributed by atoms with Crippen molar-refractivity contribution >= 4 is 6.47 Å². The molecule has 0 atom stereocenters. The maximum Gasteiger partial charge on any atom is 0.293 e. The van der Waals surface area contributed by atoms with Gasteiger partial charge in [0.05, 0.1) is 0 Å². The number of hydrogen-bond acceptors (Lipinski definition) is 2. The van der Waals surface area contributed by atoms with Crippen molar-refractivity contribution in [2.75, 3.05) is 0 Å². The van der Waals surface area contributed by atoms with E-state index in [1.54, 1.807) is 0 Å². The van der Waals surface area contributed by atoms with Crippen molar-refractivity contribution in [2.24, 2.45) is 5.41 Å². The molecule has 25 heavy (non-hydrogen) atoms. The molecular weight excluding hydrogens is 308 g/mol. The van der Waals surface area contributed by atoms with Gasteiger partial charge in [0.15, 0.2) is 0 Å². The molecule has 0 heterocycles. The Morgan fingerprint density at radius 2 is 1.40 bits per heavy atom. The molecule has 0 N–H and O–H groups in total. The van der Waals surface area contributed by atoms with Gasteiger partial charge in [0.1, 0.15) is 5.60 Å². The molecule has 0 saturated carbocycles. The predicted octanol–water partition coefficient (Wildman–Crippen LogP) is 6.42. The van der Waals surface area contributed by atoms with E-state index < -0.39 is 0 Å². The second kappa shape index (κ2) is 9.99. The maximum absolute atomic E-state index is 10.5. The number of benzene rings is 1. The van der Waals surface area contributed by atoms with Crippen LogP contribution in [0.3, 0.4) is 0 Å². The van der Waals surface area contributed by atoms with E-state index in [2.05, 4.69) is 45.9 Å². The summed E-state index contributed by atoms with van der Waals surface area (Å²) in [5, 5.41) is 0. The van der Waals surface area contributed by atoms with Crippen LogP contribution in [0, 0.1) is 12.3 Å². The highest BCUT2D eigenvalue weighted by Gasteiger charge is 2.17. The van der Waals surface area contributed by atoms with Gasteiger partial charge in [0.25, 0.3) is 6.47 Å². The van der Waals surface area contributed by atoms with E-state index in [1.165, 1.54) is 42.4 Å². The van der Waals surface area contributed by atoms with Crippen molar-refractivity contribution in [3.05, 3.63) is 34.9 Å². The molecule has 1 aromatic rings. The average molecular weight is 347 g/mol. The molecule has 1 aromatic carbocycles. The lowest BCUT2D eigenvalue weighted by molar-refractivity contribution is -0.140. The molecule has 142 valence electrons. The van der Waals surface area contributed by atoms with Crippen LogP contribution >= 0.6 is 0 Å². The second-order valence-electron chi connectivity index (χ2n) is 9.15. The predicted molar refractivity (Wildman–Crippen MR) is 107 cm³/mol. The third-order valence-electron chi connectivity index (χ3n) is 5.02. The minimum Gasteiger partial charge on any atom is -0.462 e. The smallest absolute Gasteiger partial charge is 0.293 e. The van der Waals surface area contributed by atoms with Gasteiger partial charge in [0.2, 0.25) is 0 Å². The van der Waals surface area contributed by atoms with Crippen LogP contribution in [0.1, 0.15) is 89.8 Å². The topological polar surface area (TPSA) is 26.3 Å². The summed E-state index contributed by atoms with van der Waals surface area (Å²) >= 11 is 0. The molecule has 2 nitrogen and oxygen atoms in total. The summed E-state index contributed by atoms with van der Waals surface area (Å²) in [6.07, 6.45) is 9.31. The quantitative estimate of drug-likeness (QED) is 0.341. The summed E-state index contributed by atoms with van der Waals surface area (Å²) in [6, 6.07) is 6.76. The molecule has 0 amide bonds. The van der Waals surface area contributed by atoms with Crippen LogP contribution in [0.25, 0.3) is 0 Å². The fourth-order valence-electron chi connectivity index (χ4n) is 3.30. The van der Waals surface area contributed by atoms with Crippen molar-refractivity contribution in [1.29, 1.82) is 0 Å². The minimum atomic E-state index is -0.342. The Labute approximate surface area is 155 Å². The summed E-state index contributed by atoms with van der Waals surface area (Å²) < 4.78 is 5.12. The zero-order valence-corrected chi connectivity index (χ0v) is 17.3. The van der Waals surface area contributed by atoms with Gasteiger partial charge in [-0.3, -0.25) is 4.79 Å². The van der Waals surface area contributed by atoms with Gasteiger partial charge in [0, 0.05) is 0 Å². The van der Waals surface area contributed by atoms with Crippen LogP contribution in [0.5, 0.6) is 0 Å². The first-order chi connectivity index (χ1) is 11.6. The van der Waals surface area contributed by atoms with Gasteiger partial charge in [-0.05, 0) is 87.8 Å². The number of carbonyl (C=O) groups is 1. The molecule has 0 bridgehead atoms. The molecule has 0 fully saturated rings. The normalized spacial score (nSPS) is 12.2. The van der Waals surface area contributed by atoms with Gasteiger partial charge in [-0.25, -0.2) is 0 Å². The third kappa shape index (κ3) is 9.09. The minimum absolute atomic E-state index is 0.342. The molecule has 0 aromatic heterocycles. The SMILES string of the molecule is Cc1c(CCCCC(C)(C)C)cccc1CCCCC(C)(C)OC=O. The van der Waals surface area contributed by atoms with E-state index in [0.717, 1.165) is 25.7 Å². The fourth-order valence-corrected chi connectivity index (χ4v) is 3.30. The Morgan fingerprint density at radius 1 is 0.880 bits per heavy atom. The van der Waals surface area contributed by atoms with Gasteiger partial charge in [-0.1, -0.05) is 45.4 Å². The molecule has 0 aliphatic carbocycles. The zero-order chi connectivity index (χ0) is 18.9. The van der Waals surface area contributed by atoms with Crippen molar-refractivity contribution in [1.82, 2.24) is 0 Å². The maximum atomic E-state index is 10.5. The van der Waals surface area contributed by atoms with E-state index >= 15 is 0 Å². The number of hydrogen-bond donors (Lipinski definition) is 0. The van der Waals surface area contributed by atoms with Gasteiger partial charge in [-0.15, -0.1) is 0 Å². The number of ether oxygens (including phenoxy) is 1. The lowest BCUT2D eigenvalue weighted by Gasteiger charge is -2.22. The van der Waals surface area contributed by atoms with Crippen LogP contribution in [-0.2, 0) is 22.4 Å². The standard InChI is InChI=1S/C23H38O2/c1-19-20(12-7-9-16-22(2,3)4)14-11-15-21(19)13-8-10-17-23(5,6)25-18-24/h11,14-15,18H,7-10,12-13,16-17H2,1-6H3. The molecular formula is C23H38O2. The largest absolute Gasteiger partial charge is 0.462 e. The summed E-state index contributed by atoms with van der Waals surface area (Å²) in [5.41, 5.74) is 4.56. The van der Waals surface area contributed by atoms with Gasteiger partial charge >= 0.3 is 0 Å². The molecule has 0 spiro atoms. The summed E-state index contributed by atoms with van der Waals surface area (Å²) in [4.78, 5) is 10.5. The number of aryl methyl sites for hydroxylation is 2.